The SMILES string of the molecule is CC1(C)CCCN2c3cc(F)ccc3NC(=O)C21. The summed E-state index contributed by atoms with van der Waals surface area (Å²) in [6.07, 6.45) is 2.05. The highest BCUT2D eigenvalue weighted by Crippen LogP contribution is 2.43. The molecule has 3 rings (SSSR count). The molecule has 4 heteroatoms. The van der Waals surface area contributed by atoms with E-state index >= 15 is 0 Å². The van der Waals surface area contributed by atoms with Gasteiger partial charge in [-0.25, -0.2) is 4.39 Å². The van der Waals surface area contributed by atoms with Gasteiger partial charge in [0.25, 0.3) is 0 Å². The first-order chi connectivity index (χ1) is 8.49. The van der Waals surface area contributed by atoms with Crippen molar-refractivity contribution < 1.29 is 9.18 Å². The molecular formula is C14H17FN2O. The Morgan fingerprint density at radius 1 is 1.44 bits per heavy atom. The van der Waals surface area contributed by atoms with Crippen LogP contribution in [-0.4, -0.2) is 18.5 Å². The first-order valence-corrected chi connectivity index (χ1v) is 6.36. The van der Waals surface area contributed by atoms with Crippen molar-refractivity contribution in [3.8, 4) is 0 Å². The molecule has 0 saturated carbocycles. The van der Waals surface area contributed by atoms with E-state index in [2.05, 4.69) is 24.1 Å². The van der Waals surface area contributed by atoms with Crippen LogP contribution in [0.15, 0.2) is 18.2 Å². The summed E-state index contributed by atoms with van der Waals surface area (Å²) in [4.78, 5) is 14.3. The molecule has 2 heterocycles. The zero-order valence-corrected chi connectivity index (χ0v) is 10.7. The van der Waals surface area contributed by atoms with Crippen LogP contribution in [0.1, 0.15) is 26.7 Å². The van der Waals surface area contributed by atoms with Crippen molar-refractivity contribution in [1.82, 2.24) is 0 Å². The minimum absolute atomic E-state index is 0.0267. The van der Waals surface area contributed by atoms with Gasteiger partial charge in [0.15, 0.2) is 0 Å². The highest BCUT2D eigenvalue weighted by atomic mass is 19.1. The number of piperidine rings is 1. The monoisotopic (exact) mass is 248 g/mol. The number of hydrogen-bond donors (Lipinski definition) is 1. The Balaban J connectivity index is 2.11. The van der Waals surface area contributed by atoms with Crippen LogP contribution in [0.3, 0.4) is 0 Å². The van der Waals surface area contributed by atoms with Crippen molar-refractivity contribution in [3.63, 3.8) is 0 Å². The van der Waals surface area contributed by atoms with E-state index in [0.717, 1.165) is 30.8 Å². The summed E-state index contributed by atoms with van der Waals surface area (Å²) in [6.45, 7) is 5.03. The maximum absolute atomic E-state index is 13.4. The summed E-state index contributed by atoms with van der Waals surface area (Å²) < 4.78 is 13.4. The van der Waals surface area contributed by atoms with Gasteiger partial charge in [-0.15, -0.1) is 0 Å². The van der Waals surface area contributed by atoms with Crippen molar-refractivity contribution in [2.45, 2.75) is 32.7 Å². The Kier molecular flexibility index (Phi) is 2.37. The molecule has 1 unspecified atom stereocenters. The Morgan fingerprint density at radius 2 is 2.22 bits per heavy atom. The minimum Gasteiger partial charge on any atom is -0.357 e. The van der Waals surface area contributed by atoms with Crippen LogP contribution in [0.2, 0.25) is 0 Å². The van der Waals surface area contributed by atoms with Gasteiger partial charge in [0, 0.05) is 6.54 Å². The number of nitrogens with one attached hydrogen (secondary N) is 1. The summed E-state index contributed by atoms with van der Waals surface area (Å²) in [5, 5.41) is 2.89. The highest BCUT2D eigenvalue weighted by Gasteiger charge is 2.45. The zero-order chi connectivity index (χ0) is 12.9. The molecule has 1 amide bonds. The van der Waals surface area contributed by atoms with Crippen LogP contribution in [0.4, 0.5) is 15.8 Å². The third kappa shape index (κ3) is 1.59. The van der Waals surface area contributed by atoms with E-state index in [4.69, 9.17) is 0 Å². The molecule has 1 N–H and O–H groups in total. The molecule has 1 atom stereocenters. The molecule has 1 aromatic rings. The molecule has 1 saturated heterocycles. The molecule has 0 radical (unpaired) electrons. The van der Waals surface area contributed by atoms with E-state index in [1.807, 2.05) is 0 Å². The lowest BCUT2D eigenvalue weighted by molar-refractivity contribution is -0.120. The first-order valence-electron chi connectivity index (χ1n) is 6.36. The Labute approximate surface area is 106 Å². The molecule has 2 aliphatic heterocycles. The fraction of sp³-hybridized carbons (Fsp3) is 0.500. The predicted molar refractivity (Wildman–Crippen MR) is 69.2 cm³/mol. The minimum atomic E-state index is -0.257. The Hall–Kier alpha value is -1.58. The summed E-state index contributed by atoms with van der Waals surface area (Å²) in [6, 6.07) is 4.35. The summed E-state index contributed by atoms with van der Waals surface area (Å²) >= 11 is 0. The van der Waals surface area contributed by atoms with Crippen LogP contribution >= 0.6 is 0 Å². The van der Waals surface area contributed by atoms with Crippen molar-refractivity contribution in [1.29, 1.82) is 0 Å². The van der Waals surface area contributed by atoms with Crippen LogP contribution in [-0.2, 0) is 4.79 Å². The second-order valence-corrected chi connectivity index (χ2v) is 5.84. The second kappa shape index (κ2) is 3.70. The van der Waals surface area contributed by atoms with E-state index in [1.54, 1.807) is 6.07 Å². The van der Waals surface area contributed by atoms with E-state index in [1.165, 1.54) is 12.1 Å². The molecule has 0 aliphatic carbocycles. The molecule has 0 aromatic heterocycles. The van der Waals surface area contributed by atoms with Crippen LogP contribution in [0.25, 0.3) is 0 Å². The number of carbonyl (C=O) groups is 1. The lowest BCUT2D eigenvalue weighted by atomic mass is 9.75. The van der Waals surface area contributed by atoms with Gasteiger partial charge in [-0.05, 0) is 36.5 Å². The van der Waals surface area contributed by atoms with Crippen molar-refractivity contribution in [2.75, 3.05) is 16.8 Å². The molecule has 0 spiro atoms. The number of anilines is 2. The lowest BCUT2D eigenvalue weighted by Crippen LogP contribution is -2.58. The fourth-order valence-electron chi connectivity index (χ4n) is 3.20. The van der Waals surface area contributed by atoms with E-state index < -0.39 is 0 Å². The van der Waals surface area contributed by atoms with Gasteiger partial charge in [0.1, 0.15) is 11.9 Å². The smallest absolute Gasteiger partial charge is 0.247 e. The Morgan fingerprint density at radius 3 is 3.00 bits per heavy atom. The summed E-state index contributed by atoms with van der Waals surface area (Å²) in [5.41, 5.74) is 1.45. The lowest BCUT2D eigenvalue weighted by Gasteiger charge is -2.49. The quantitative estimate of drug-likeness (QED) is 0.765. The molecular weight excluding hydrogens is 231 g/mol. The predicted octanol–water partition coefficient (Wildman–Crippen LogP) is 2.77. The van der Waals surface area contributed by atoms with Crippen molar-refractivity contribution in [3.05, 3.63) is 24.0 Å². The number of hydrogen-bond acceptors (Lipinski definition) is 2. The van der Waals surface area contributed by atoms with Crippen molar-refractivity contribution >= 4 is 17.3 Å². The average Bonchev–Trinajstić information content (AvgIpc) is 2.29. The molecule has 1 fully saturated rings. The van der Waals surface area contributed by atoms with Gasteiger partial charge in [-0.2, -0.15) is 0 Å². The molecule has 0 bridgehead atoms. The van der Waals surface area contributed by atoms with E-state index in [9.17, 15) is 9.18 Å². The number of rotatable bonds is 0. The summed E-state index contributed by atoms with van der Waals surface area (Å²) in [5.74, 6) is -0.231. The first kappa shape index (κ1) is 11.5. The molecule has 96 valence electrons. The number of fused-ring (bicyclic) bond motifs is 3. The molecule has 18 heavy (non-hydrogen) atoms. The molecule has 1 aromatic carbocycles. The second-order valence-electron chi connectivity index (χ2n) is 5.84. The van der Waals surface area contributed by atoms with Gasteiger partial charge >= 0.3 is 0 Å². The Bertz CT molecular complexity index is 513. The topological polar surface area (TPSA) is 32.3 Å². The van der Waals surface area contributed by atoms with Gasteiger partial charge in [-0.1, -0.05) is 13.8 Å². The fourth-order valence-corrected chi connectivity index (χ4v) is 3.20. The van der Waals surface area contributed by atoms with Gasteiger partial charge < -0.3 is 10.2 Å². The maximum atomic E-state index is 13.4. The number of nitrogens with zero attached hydrogens (tertiary/aromatic N) is 1. The third-order valence-corrected chi connectivity index (χ3v) is 4.05. The van der Waals surface area contributed by atoms with Gasteiger partial charge in [0.2, 0.25) is 5.91 Å². The average molecular weight is 248 g/mol. The van der Waals surface area contributed by atoms with Crippen LogP contribution in [0, 0.1) is 11.2 Å². The third-order valence-electron chi connectivity index (χ3n) is 4.05. The largest absolute Gasteiger partial charge is 0.357 e. The maximum Gasteiger partial charge on any atom is 0.247 e. The zero-order valence-electron chi connectivity index (χ0n) is 10.7. The summed E-state index contributed by atoms with van der Waals surface area (Å²) in [7, 11) is 0. The van der Waals surface area contributed by atoms with E-state index in [0.29, 0.717) is 0 Å². The van der Waals surface area contributed by atoms with Crippen LogP contribution in [0.5, 0.6) is 0 Å². The number of benzene rings is 1. The molecule has 2 aliphatic rings. The van der Waals surface area contributed by atoms with Gasteiger partial charge in [0.05, 0.1) is 11.4 Å². The van der Waals surface area contributed by atoms with Gasteiger partial charge in [-0.3, -0.25) is 4.79 Å². The van der Waals surface area contributed by atoms with Crippen LogP contribution < -0.4 is 10.2 Å². The van der Waals surface area contributed by atoms with Crippen molar-refractivity contribution in [2.24, 2.45) is 5.41 Å². The molecule has 3 nitrogen and oxygen atoms in total. The number of halogens is 1. The normalized spacial score (nSPS) is 25.2. The van der Waals surface area contributed by atoms with E-state index in [-0.39, 0.29) is 23.2 Å². The standard InChI is InChI=1S/C14H17FN2O/c1-14(2)6-3-7-17-11-8-9(15)4-5-10(11)16-13(18)12(14)17/h4-5,8,12H,3,6-7H2,1-2H3,(H,16,18). The number of amides is 1. The number of carbonyl (C=O) groups excluding carboxylic acids is 1. The highest BCUT2D eigenvalue weighted by molar-refractivity contribution is 6.04.